The van der Waals surface area contributed by atoms with Crippen LogP contribution in [-0.2, 0) is 14.4 Å². The lowest BCUT2D eigenvalue weighted by Gasteiger charge is -2.29. The number of anilines is 1. The number of halogens is 3. The van der Waals surface area contributed by atoms with Gasteiger partial charge in [-0.2, -0.15) is 0 Å². The van der Waals surface area contributed by atoms with Crippen LogP contribution in [0.1, 0.15) is 12.8 Å². The van der Waals surface area contributed by atoms with Crippen molar-refractivity contribution in [2.24, 2.45) is 11.8 Å². The number of nitrogens with zero attached hydrogens (tertiary/aromatic N) is 1. The number of fused-ring (bicyclic) bond motifs is 1. The number of carbonyl (C=O) groups is 3. The lowest BCUT2D eigenvalue weighted by atomic mass is 9.81. The highest BCUT2D eigenvalue weighted by Gasteiger charge is 2.52. The van der Waals surface area contributed by atoms with Gasteiger partial charge in [0.2, 0.25) is 17.7 Å². The number of imide groups is 1. The van der Waals surface area contributed by atoms with Crippen molar-refractivity contribution in [3.05, 3.63) is 29.3 Å². The quantitative estimate of drug-likeness (QED) is 0.536. The number of benzene rings is 1. The molecule has 1 saturated carbocycles. The van der Waals surface area contributed by atoms with Gasteiger partial charge < -0.3 is 5.32 Å². The van der Waals surface area contributed by atoms with Crippen molar-refractivity contribution < 1.29 is 14.4 Å². The van der Waals surface area contributed by atoms with E-state index in [1.807, 2.05) is 0 Å². The van der Waals surface area contributed by atoms with Crippen LogP contribution in [0.3, 0.4) is 0 Å². The standard InChI is InChI=1S/C16H15Br2ClN2O3/c17-12-5-10-11(6-13(12)18)16(24)21(15(10)23)7-14(22)20-9-3-1-2-8(19)4-9/h1-4,10-13H,5-7H2,(H,20,22)/t10-,11-,12+,13+/m1/s1. The van der Waals surface area contributed by atoms with Crippen molar-refractivity contribution in [2.45, 2.75) is 22.5 Å². The van der Waals surface area contributed by atoms with Gasteiger partial charge in [0.25, 0.3) is 0 Å². The monoisotopic (exact) mass is 476 g/mol. The summed E-state index contributed by atoms with van der Waals surface area (Å²) in [5.41, 5.74) is 0.532. The highest BCUT2D eigenvalue weighted by molar-refractivity contribution is 9.12. The van der Waals surface area contributed by atoms with Crippen LogP contribution < -0.4 is 5.32 Å². The Balaban J connectivity index is 1.68. The Morgan fingerprint density at radius 3 is 2.29 bits per heavy atom. The van der Waals surface area contributed by atoms with E-state index in [1.165, 1.54) is 0 Å². The van der Waals surface area contributed by atoms with Crippen molar-refractivity contribution in [2.75, 3.05) is 11.9 Å². The fourth-order valence-corrected chi connectivity index (χ4v) is 4.66. The largest absolute Gasteiger partial charge is 0.324 e. The molecule has 0 bridgehead atoms. The topological polar surface area (TPSA) is 66.5 Å². The Morgan fingerprint density at radius 1 is 1.17 bits per heavy atom. The van der Waals surface area contributed by atoms with Gasteiger partial charge in [0.1, 0.15) is 6.54 Å². The van der Waals surface area contributed by atoms with Gasteiger partial charge in [-0.05, 0) is 31.0 Å². The summed E-state index contributed by atoms with van der Waals surface area (Å²) in [6.45, 7) is -0.267. The van der Waals surface area contributed by atoms with E-state index in [2.05, 4.69) is 37.2 Å². The molecule has 5 nitrogen and oxygen atoms in total. The number of carbonyl (C=O) groups excluding carboxylic acids is 3. The Kier molecular flexibility index (Phi) is 5.32. The molecule has 1 aliphatic heterocycles. The van der Waals surface area contributed by atoms with Crippen LogP contribution in [0.25, 0.3) is 0 Å². The van der Waals surface area contributed by atoms with E-state index in [1.54, 1.807) is 24.3 Å². The van der Waals surface area contributed by atoms with Gasteiger partial charge in [-0.3, -0.25) is 19.3 Å². The Labute approximate surface area is 161 Å². The van der Waals surface area contributed by atoms with Crippen LogP contribution in [0.4, 0.5) is 5.69 Å². The first-order chi connectivity index (χ1) is 11.4. The maximum absolute atomic E-state index is 12.5. The van der Waals surface area contributed by atoms with Crippen LogP contribution >= 0.6 is 43.5 Å². The van der Waals surface area contributed by atoms with Crippen molar-refractivity contribution in [1.82, 2.24) is 4.90 Å². The van der Waals surface area contributed by atoms with E-state index in [0.717, 1.165) is 4.90 Å². The average Bonchev–Trinajstić information content (AvgIpc) is 2.73. The van der Waals surface area contributed by atoms with E-state index < -0.39 is 5.91 Å². The van der Waals surface area contributed by atoms with Crippen molar-refractivity contribution in [1.29, 1.82) is 0 Å². The second kappa shape index (κ2) is 7.14. The third-order valence-electron chi connectivity index (χ3n) is 4.41. The third-order valence-corrected chi connectivity index (χ3v) is 7.38. The molecule has 128 valence electrons. The zero-order chi connectivity index (χ0) is 17.4. The van der Waals surface area contributed by atoms with E-state index in [9.17, 15) is 14.4 Å². The second-order valence-electron chi connectivity index (χ2n) is 6.04. The molecule has 1 aliphatic carbocycles. The van der Waals surface area contributed by atoms with Gasteiger partial charge in [0.05, 0.1) is 11.8 Å². The van der Waals surface area contributed by atoms with Crippen molar-refractivity contribution >= 4 is 66.9 Å². The van der Waals surface area contributed by atoms with Crippen LogP contribution in [0.5, 0.6) is 0 Å². The van der Waals surface area contributed by atoms with E-state index in [-0.39, 0.29) is 39.8 Å². The smallest absolute Gasteiger partial charge is 0.244 e. The normalized spacial score (nSPS) is 29.5. The van der Waals surface area contributed by atoms with Crippen molar-refractivity contribution in [3.63, 3.8) is 0 Å². The Morgan fingerprint density at radius 2 is 1.75 bits per heavy atom. The molecule has 2 fully saturated rings. The van der Waals surface area contributed by atoms with E-state index >= 15 is 0 Å². The number of nitrogens with one attached hydrogen (secondary N) is 1. The first kappa shape index (κ1) is 17.9. The molecule has 24 heavy (non-hydrogen) atoms. The van der Waals surface area contributed by atoms with Gasteiger partial charge in [0, 0.05) is 20.4 Å². The summed E-state index contributed by atoms with van der Waals surface area (Å²) in [6.07, 6.45) is 1.19. The highest BCUT2D eigenvalue weighted by Crippen LogP contribution is 2.43. The third kappa shape index (κ3) is 3.53. The lowest BCUT2D eigenvalue weighted by molar-refractivity contribution is -0.142. The highest BCUT2D eigenvalue weighted by atomic mass is 79.9. The summed E-state index contributed by atoms with van der Waals surface area (Å²) in [4.78, 5) is 38.6. The summed E-state index contributed by atoms with van der Waals surface area (Å²) in [5, 5.41) is 3.16. The molecule has 2 aliphatic rings. The molecule has 0 unspecified atom stereocenters. The Bertz CT molecular complexity index is 672. The summed E-state index contributed by atoms with van der Waals surface area (Å²) in [5.74, 6) is -1.60. The van der Waals surface area contributed by atoms with Crippen LogP contribution in [0.15, 0.2) is 24.3 Å². The molecule has 0 spiro atoms. The van der Waals surface area contributed by atoms with E-state index in [4.69, 9.17) is 11.6 Å². The molecule has 4 atom stereocenters. The minimum absolute atomic E-state index is 0.149. The maximum atomic E-state index is 12.5. The second-order valence-corrected chi connectivity index (χ2v) is 8.83. The number of rotatable bonds is 3. The van der Waals surface area contributed by atoms with Crippen LogP contribution in [-0.4, -0.2) is 38.8 Å². The number of hydrogen-bond acceptors (Lipinski definition) is 3. The first-order valence-electron chi connectivity index (χ1n) is 7.55. The molecule has 1 aromatic rings. The summed E-state index contributed by atoms with van der Waals surface area (Å²) in [6, 6.07) is 6.72. The minimum Gasteiger partial charge on any atom is -0.324 e. The van der Waals surface area contributed by atoms with Gasteiger partial charge in [0.15, 0.2) is 0 Å². The molecular weight excluding hydrogens is 463 g/mol. The molecule has 0 aromatic heterocycles. The molecule has 1 saturated heterocycles. The number of amides is 3. The summed E-state index contributed by atoms with van der Waals surface area (Å²) >= 11 is 13.0. The van der Waals surface area contributed by atoms with E-state index in [0.29, 0.717) is 23.6 Å². The minimum atomic E-state index is -0.414. The van der Waals surface area contributed by atoms with Gasteiger partial charge in [-0.1, -0.05) is 49.5 Å². The fraction of sp³-hybridized carbons (Fsp3) is 0.438. The number of likely N-dealkylation sites (tertiary alicyclic amines) is 1. The predicted octanol–water partition coefficient (Wildman–Crippen LogP) is 3.20. The van der Waals surface area contributed by atoms with Crippen LogP contribution in [0.2, 0.25) is 5.02 Å². The molecule has 8 heteroatoms. The summed E-state index contributed by atoms with van der Waals surface area (Å²) in [7, 11) is 0. The number of hydrogen-bond donors (Lipinski definition) is 1. The molecule has 3 amide bonds. The molecular formula is C16H15Br2ClN2O3. The zero-order valence-electron chi connectivity index (χ0n) is 12.5. The lowest BCUT2D eigenvalue weighted by Crippen LogP contribution is -2.38. The van der Waals surface area contributed by atoms with Gasteiger partial charge in [-0.25, -0.2) is 0 Å². The van der Waals surface area contributed by atoms with Gasteiger partial charge in [-0.15, -0.1) is 0 Å². The zero-order valence-corrected chi connectivity index (χ0v) is 16.5. The Hall–Kier alpha value is -0.920. The first-order valence-corrected chi connectivity index (χ1v) is 9.76. The fourth-order valence-electron chi connectivity index (χ4n) is 3.23. The molecule has 1 aromatic carbocycles. The maximum Gasteiger partial charge on any atom is 0.244 e. The molecule has 1 N–H and O–H groups in total. The number of alkyl halides is 2. The van der Waals surface area contributed by atoms with Crippen molar-refractivity contribution in [3.8, 4) is 0 Å². The predicted molar refractivity (Wildman–Crippen MR) is 98.4 cm³/mol. The van der Waals surface area contributed by atoms with Crippen LogP contribution in [0, 0.1) is 11.8 Å². The molecule has 1 heterocycles. The SMILES string of the molecule is O=C(CN1C(=O)[C@@H]2C[C@H](Br)[C@@H](Br)C[C@H]2C1=O)Nc1cccc(Cl)c1. The average molecular weight is 479 g/mol. The molecule has 0 radical (unpaired) electrons. The molecule has 3 rings (SSSR count). The van der Waals surface area contributed by atoms with Gasteiger partial charge >= 0.3 is 0 Å². The summed E-state index contributed by atoms with van der Waals surface area (Å²) < 4.78 is 0.